The van der Waals surface area contributed by atoms with E-state index >= 15 is 0 Å². The van der Waals surface area contributed by atoms with Crippen LogP contribution in [0.1, 0.15) is 20.3 Å². The minimum atomic E-state index is -0.997. The first-order valence-electron chi connectivity index (χ1n) is 5.32. The van der Waals surface area contributed by atoms with Crippen molar-refractivity contribution >= 4 is 8.07 Å². The number of nitrogens with zero attached hydrogens (tertiary/aromatic N) is 1. The monoisotopic (exact) mass is 199 g/mol. The zero-order valence-electron chi connectivity index (χ0n) is 9.93. The smallest absolute Gasteiger partial charge is 0.0741 e. The third-order valence-electron chi connectivity index (χ3n) is 2.73. The van der Waals surface area contributed by atoms with Gasteiger partial charge in [-0.25, -0.2) is 0 Å². The Balaban J connectivity index is 3.84. The fraction of sp³-hybridized carbons (Fsp3) is 0.818. The third kappa shape index (κ3) is 6.05. The standard InChI is InChI=1S/C11H25NSi/c1-6-10-13(5,7-2)11-8-9-12(3)4/h6,10H,7-9,11H2,1-5H3. The maximum absolute atomic E-state index is 2.49. The summed E-state index contributed by atoms with van der Waals surface area (Å²) in [5, 5.41) is 0. The van der Waals surface area contributed by atoms with Crippen molar-refractivity contribution in [3.8, 4) is 0 Å². The quantitative estimate of drug-likeness (QED) is 0.594. The van der Waals surface area contributed by atoms with E-state index in [-0.39, 0.29) is 0 Å². The maximum Gasteiger partial charge on any atom is 0.0741 e. The summed E-state index contributed by atoms with van der Waals surface area (Å²) in [6, 6.07) is 2.82. The molecule has 0 fully saturated rings. The van der Waals surface area contributed by atoms with Crippen molar-refractivity contribution in [2.75, 3.05) is 20.6 Å². The first-order chi connectivity index (χ1) is 6.04. The molecule has 0 aromatic rings. The molecular weight excluding hydrogens is 174 g/mol. The topological polar surface area (TPSA) is 3.24 Å². The van der Waals surface area contributed by atoms with Crippen LogP contribution in [0.25, 0.3) is 0 Å². The Morgan fingerprint density at radius 3 is 2.31 bits per heavy atom. The molecule has 0 aromatic heterocycles. The summed E-state index contributed by atoms with van der Waals surface area (Å²) in [7, 11) is 3.31. The molecule has 0 aliphatic rings. The van der Waals surface area contributed by atoms with Gasteiger partial charge in [0, 0.05) is 0 Å². The molecule has 0 N–H and O–H groups in total. The number of hydrogen-bond donors (Lipinski definition) is 0. The van der Waals surface area contributed by atoms with E-state index in [0.717, 1.165) is 0 Å². The highest BCUT2D eigenvalue weighted by atomic mass is 28.3. The van der Waals surface area contributed by atoms with E-state index in [9.17, 15) is 0 Å². The van der Waals surface area contributed by atoms with E-state index in [1.807, 2.05) is 0 Å². The van der Waals surface area contributed by atoms with Crippen LogP contribution in [-0.4, -0.2) is 33.6 Å². The lowest BCUT2D eigenvalue weighted by molar-refractivity contribution is 0.407. The van der Waals surface area contributed by atoms with Crippen LogP contribution >= 0.6 is 0 Å². The highest BCUT2D eigenvalue weighted by molar-refractivity contribution is 6.83. The summed E-state index contributed by atoms with van der Waals surface area (Å²) in [6.07, 6.45) is 3.60. The Hall–Kier alpha value is -0.0831. The fourth-order valence-corrected chi connectivity index (χ4v) is 4.11. The number of hydrogen-bond acceptors (Lipinski definition) is 1. The lowest BCUT2D eigenvalue weighted by Gasteiger charge is -2.22. The van der Waals surface area contributed by atoms with Crippen LogP contribution in [0.15, 0.2) is 11.8 Å². The molecule has 0 aliphatic carbocycles. The summed E-state index contributed by atoms with van der Waals surface area (Å²) >= 11 is 0. The molecule has 0 heterocycles. The molecule has 0 aromatic carbocycles. The van der Waals surface area contributed by atoms with Gasteiger partial charge in [-0.1, -0.05) is 37.3 Å². The van der Waals surface area contributed by atoms with Crippen LogP contribution < -0.4 is 0 Å². The lowest BCUT2D eigenvalue weighted by Crippen LogP contribution is -2.27. The van der Waals surface area contributed by atoms with Crippen molar-refractivity contribution in [3.05, 3.63) is 11.8 Å². The molecule has 1 nitrogen and oxygen atoms in total. The molecule has 2 heteroatoms. The number of rotatable bonds is 6. The van der Waals surface area contributed by atoms with Crippen LogP contribution in [0.2, 0.25) is 18.6 Å². The summed E-state index contributed by atoms with van der Waals surface area (Å²) in [4.78, 5) is 2.28. The van der Waals surface area contributed by atoms with Crippen molar-refractivity contribution in [1.29, 1.82) is 0 Å². The molecular formula is C11H25NSi. The van der Waals surface area contributed by atoms with Crippen molar-refractivity contribution in [3.63, 3.8) is 0 Å². The van der Waals surface area contributed by atoms with Gasteiger partial charge in [0.15, 0.2) is 0 Å². The predicted octanol–water partition coefficient (Wildman–Crippen LogP) is 3.15. The minimum Gasteiger partial charge on any atom is -0.309 e. The molecule has 78 valence electrons. The van der Waals surface area contributed by atoms with Gasteiger partial charge in [-0.15, -0.1) is 0 Å². The largest absolute Gasteiger partial charge is 0.309 e. The molecule has 0 saturated heterocycles. The van der Waals surface area contributed by atoms with Crippen molar-refractivity contribution in [2.24, 2.45) is 0 Å². The van der Waals surface area contributed by atoms with Crippen molar-refractivity contribution in [1.82, 2.24) is 4.90 Å². The molecule has 0 radical (unpaired) electrons. The Morgan fingerprint density at radius 2 is 1.92 bits per heavy atom. The van der Waals surface area contributed by atoms with E-state index < -0.39 is 8.07 Å². The van der Waals surface area contributed by atoms with Gasteiger partial charge >= 0.3 is 0 Å². The fourth-order valence-electron chi connectivity index (χ4n) is 1.58. The van der Waals surface area contributed by atoms with Gasteiger partial charge in [-0.3, -0.25) is 0 Å². The van der Waals surface area contributed by atoms with Gasteiger partial charge in [-0.2, -0.15) is 0 Å². The summed E-state index contributed by atoms with van der Waals surface area (Å²) in [5.41, 5.74) is 2.49. The van der Waals surface area contributed by atoms with Crippen LogP contribution in [0.3, 0.4) is 0 Å². The minimum absolute atomic E-state index is 0.997. The molecule has 13 heavy (non-hydrogen) atoms. The van der Waals surface area contributed by atoms with E-state index in [0.29, 0.717) is 0 Å². The second-order valence-electron chi connectivity index (χ2n) is 4.41. The van der Waals surface area contributed by atoms with Crippen LogP contribution in [0.5, 0.6) is 0 Å². The second kappa shape index (κ2) is 6.38. The highest BCUT2D eigenvalue weighted by Crippen LogP contribution is 2.18. The molecule has 0 aliphatic heterocycles. The molecule has 0 bridgehead atoms. The Morgan fingerprint density at radius 1 is 1.31 bits per heavy atom. The maximum atomic E-state index is 2.49. The number of allylic oxidation sites excluding steroid dienone is 1. The third-order valence-corrected chi connectivity index (χ3v) is 6.98. The molecule has 0 rings (SSSR count). The molecule has 0 spiro atoms. The van der Waals surface area contributed by atoms with Gasteiger partial charge in [0.25, 0.3) is 0 Å². The van der Waals surface area contributed by atoms with Gasteiger partial charge in [0.2, 0.25) is 0 Å². The second-order valence-corrected chi connectivity index (χ2v) is 9.26. The Kier molecular flexibility index (Phi) is 6.34. The van der Waals surface area contributed by atoms with Crippen LogP contribution in [0.4, 0.5) is 0 Å². The van der Waals surface area contributed by atoms with Crippen molar-refractivity contribution < 1.29 is 0 Å². The first kappa shape index (κ1) is 12.9. The summed E-state index contributed by atoms with van der Waals surface area (Å²) in [5.74, 6) is 0. The molecule has 0 amide bonds. The van der Waals surface area contributed by atoms with Gasteiger partial charge < -0.3 is 4.90 Å². The van der Waals surface area contributed by atoms with E-state index in [4.69, 9.17) is 0 Å². The summed E-state index contributed by atoms with van der Waals surface area (Å²) in [6.45, 7) is 8.21. The first-order valence-corrected chi connectivity index (χ1v) is 8.32. The van der Waals surface area contributed by atoms with E-state index in [2.05, 4.69) is 51.2 Å². The van der Waals surface area contributed by atoms with Gasteiger partial charge in [0.05, 0.1) is 8.07 Å². The summed E-state index contributed by atoms with van der Waals surface area (Å²) < 4.78 is 0. The zero-order valence-corrected chi connectivity index (χ0v) is 10.9. The zero-order chi connectivity index (χ0) is 10.3. The van der Waals surface area contributed by atoms with Crippen LogP contribution in [0, 0.1) is 0 Å². The van der Waals surface area contributed by atoms with Gasteiger partial charge in [-0.05, 0) is 34.0 Å². The Labute approximate surface area is 84.8 Å². The van der Waals surface area contributed by atoms with E-state index in [1.165, 1.54) is 25.1 Å². The SMILES string of the molecule is CC=C[Si](C)(CC)CCCN(C)C. The predicted molar refractivity (Wildman–Crippen MR) is 64.9 cm³/mol. The normalized spacial score (nSPS) is 16.8. The lowest BCUT2D eigenvalue weighted by atomic mass is 10.5. The Bertz CT molecular complexity index is 154. The molecule has 0 saturated carbocycles. The highest BCUT2D eigenvalue weighted by Gasteiger charge is 2.19. The average molecular weight is 199 g/mol. The van der Waals surface area contributed by atoms with Crippen LogP contribution in [-0.2, 0) is 0 Å². The van der Waals surface area contributed by atoms with E-state index in [1.54, 1.807) is 0 Å². The molecule has 1 atom stereocenters. The molecule has 1 unspecified atom stereocenters. The van der Waals surface area contributed by atoms with Crippen molar-refractivity contribution in [2.45, 2.75) is 38.9 Å². The van der Waals surface area contributed by atoms with Gasteiger partial charge in [0.1, 0.15) is 0 Å². The average Bonchev–Trinajstić information content (AvgIpc) is 2.04.